The molecule has 4 nitrogen and oxygen atoms in total. The summed E-state index contributed by atoms with van der Waals surface area (Å²) >= 11 is 0. The maximum Gasteiger partial charge on any atom is 0.407 e. The van der Waals surface area contributed by atoms with Crippen LogP contribution in [0, 0.1) is 5.41 Å². The van der Waals surface area contributed by atoms with Crippen molar-refractivity contribution in [2.24, 2.45) is 5.41 Å². The maximum atomic E-state index is 11.2. The highest BCUT2D eigenvalue weighted by Crippen LogP contribution is 2.38. The summed E-state index contributed by atoms with van der Waals surface area (Å²) in [6.45, 7) is 10.1. The Hall–Kier alpha value is -1.03. The fourth-order valence-corrected chi connectivity index (χ4v) is 2.51. The number of nitrogens with zero attached hydrogens (tertiary/aromatic N) is 1. The van der Waals surface area contributed by atoms with Crippen LogP contribution in [0.3, 0.4) is 0 Å². The smallest absolute Gasteiger partial charge is 0.407 e. The van der Waals surface area contributed by atoms with Gasteiger partial charge in [-0.2, -0.15) is 0 Å². The van der Waals surface area contributed by atoms with E-state index in [-0.39, 0.29) is 11.5 Å². The molecule has 17 heavy (non-hydrogen) atoms. The van der Waals surface area contributed by atoms with Gasteiger partial charge < -0.3 is 15.1 Å². The Morgan fingerprint density at radius 3 is 2.59 bits per heavy atom. The molecule has 0 aliphatic carbocycles. The number of piperidine rings is 1. The third-order valence-electron chi connectivity index (χ3n) is 3.54. The topological polar surface area (TPSA) is 60.8 Å². The Bertz CT molecular complexity index is 308. The van der Waals surface area contributed by atoms with Gasteiger partial charge in [0.2, 0.25) is 0 Å². The average molecular weight is 241 g/mol. The van der Waals surface area contributed by atoms with Crippen molar-refractivity contribution in [3.8, 4) is 0 Å². The Kier molecular flexibility index (Phi) is 3.87. The molecule has 1 aliphatic rings. The fraction of sp³-hybridized carbons (Fsp3) is 0.769. The highest BCUT2D eigenvalue weighted by Gasteiger charge is 2.44. The van der Waals surface area contributed by atoms with Crippen molar-refractivity contribution in [1.29, 1.82) is 0 Å². The summed E-state index contributed by atoms with van der Waals surface area (Å²) in [5, 5.41) is 19.6. The first-order valence-electron chi connectivity index (χ1n) is 6.02. The van der Waals surface area contributed by atoms with Gasteiger partial charge in [0, 0.05) is 12.6 Å². The van der Waals surface area contributed by atoms with Crippen molar-refractivity contribution in [2.45, 2.75) is 51.7 Å². The summed E-state index contributed by atoms with van der Waals surface area (Å²) in [4.78, 5) is 12.7. The van der Waals surface area contributed by atoms with Crippen molar-refractivity contribution in [2.75, 3.05) is 6.54 Å². The zero-order valence-electron chi connectivity index (χ0n) is 10.9. The van der Waals surface area contributed by atoms with Crippen LogP contribution in [-0.4, -0.2) is 39.4 Å². The van der Waals surface area contributed by atoms with Gasteiger partial charge in [-0.1, -0.05) is 26.8 Å². The standard InChI is InChI=1S/C13H23NO3/c1-5-6-13(17)7-8-14(11(15)16)10(9-13)12(2,3)4/h5,10,17H,1,6-9H2,2-4H3,(H,15,16). The lowest BCUT2D eigenvalue weighted by atomic mass is 9.74. The molecule has 0 aromatic rings. The molecule has 0 aromatic carbocycles. The Balaban J connectivity index is 2.91. The average Bonchev–Trinajstić information content (AvgIpc) is 2.15. The second-order valence-corrected chi connectivity index (χ2v) is 6.03. The third kappa shape index (κ3) is 3.22. The van der Waals surface area contributed by atoms with E-state index < -0.39 is 11.7 Å². The van der Waals surface area contributed by atoms with E-state index in [1.807, 2.05) is 20.8 Å². The molecule has 0 saturated carbocycles. The molecule has 2 unspecified atom stereocenters. The first-order chi connectivity index (χ1) is 7.69. The van der Waals surface area contributed by atoms with Crippen molar-refractivity contribution >= 4 is 6.09 Å². The van der Waals surface area contributed by atoms with Crippen LogP contribution in [0.15, 0.2) is 12.7 Å². The molecule has 0 bridgehead atoms. The molecule has 0 radical (unpaired) electrons. The lowest BCUT2D eigenvalue weighted by Crippen LogP contribution is -2.56. The number of carbonyl (C=O) groups is 1. The summed E-state index contributed by atoms with van der Waals surface area (Å²) in [7, 11) is 0. The second-order valence-electron chi connectivity index (χ2n) is 6.03. The molecule has 2 N–H and O–H groups in total. The van der Waals surface area contributed by atoms with Crippen LogP contribution < -0.4 is 0 Å². The number of aliphatic hydroxyl groups is 1. The molecule has 1 rings (SSSR count). The van der Waals surface area contributed by atoms with Gasteiger partial charge >= 0.3 is 6.09 Å². The maximum absolute atomic E-state index is 11.2. The SMILES string of the molecule is C=CCC1(O)CCN(C(=O)O)C(C(C)(C)C)C1. The zero-order chi connectivity index (χ0) is 13.3. The summed E-state index contributed by atoms with van der Waals surface area (Å²) in [5.74, 6) is 0. The summed E-state index contributed by atoms with van der Waals surface area (Å²) < 4.78 is 0. The van der Waals surface area contributed by atoms with Gasteiger partial charge in [-0.05, 0) is 24.7 Å². The predicted molar refractivity (Wildman–Crippen MR) is 67.0 cm³/mol. The highest BCUT2D eigenvalue weighted by molar-refractivity contribution is 5.65. The second kappa shape index (κ2) is 4.69. The molecule has 1 heterocycles. The Morgan fingerprint density at radius 1 is 1.59 bits per heavy atom. The molecular weight excluding hydrogens is 218 g/mol. The minimum Gasteiger partial charge on any atom is -0.465 e. The molecule has 0 spiro atoms. The zero-order valence-corrected chi connectivity index (χ0v) is 10.9. The van der Waals surface area contributed by atoms with E-state index in [1.165, 1.54) is 4.90 Å². The Labute approximate surface area is 103 Å². The minimum absolute atomic E-state index is 0.154. The van der Waals surface area contributed by atoms with Crippen LogP contribution in [-0.2, 0) is 0 Å². The van der Waals surface area contributed by atoms with Crippen molar-refractivity contribution in [1.82, 2.24) is 4.90 Å². The molecule has 1 saturated heterocycles. The lowest BCUT2D eigenvalue weighted by molar-refractivity contribution is -0.0620. The first kappa shape index (κ1) is 14.0. The largest absolute Gasteiger partial charge is 0.465 e. The Morgan fingerprint density at radius 2 is 2.18 bits per heavy atom. The minimum atomic E-state index is -0.898. The molecule has 0 aromatic heterocycles. The van der Waals surface area contributed by atoms with Crippen LogP contribution >= 0.6 is 0 Å². The number of amides is 1. The molecule has 2 atom stereocenters. The summed E-state index contributed by atoms with van der Waals surface area (Å²) in [6, 6.07) is -0.154. The van der Waals surface area contributed by atoms with Crippen LogP contribution in [0.25, 0.3) is 0 Å². The number of hydrogen-bond donors (Lipinski definition) is 2. The fourth-order valence-electron chi connectivity index (χ4n) is 2.51. The van der Waals surface area contributed by atoms with Crippen molar-refractivity contribution < 1.29 is 15.0 Å². The number of rotatable bonds is 2. The number of likely N-dealkylation sites (tertiary alicyclic amines) is 1. The number of hydrogen-bond acceptors (Lipinski definition) is 2. The summed E-state index contributed by atoms with van der Waals surface area (Å²) in [6.07, 6.45) is 2.29. The van der Waals surface area contributed by atoms with Crippen LogP contribution in [0.4, 0.5) is 4.79 Å². The van der Waals surface area contributed by atoms with Gasteiger partial charge in [-0.25, -0.2) is 4.79 Å². The van der Waals surface area contributed by atoms with Crippen LogP contribution in [0.2, 0.25) is 0 Å². The van der Waals surface area contributed by atoms with E-state index in [2.05, 4.69) is 6.58 Å². The van der Waals surface area contributed by atoms with Crippen LogP contribution in [0.5, 0.6) is 0 Å². The van der Waals surface area contributed by atoms with Gasteiger partial charge in [0.15, 0.2) is 0 Å². The highest BCUT2D eigenvalue weighted by atomic mass is 16.4. The van der Waals surface area contributed by atoms with Gasteiger partial charge in [0.05, 0.1) is 5.60 Å². The molecule has 1 amide bonds. The molecular formula is C13H23NO3. The van der Waals surface area contributed by atoms with E-state index in [9.17, 15) is 15.0 Å². The third-order valence-corrected chi connectivity index (χ3v) is 3.54. The van der Waals surface area contributed by atoms with E-state index in [1.54, 1.807) is 6.08 Å². The van der Waals surface area contributed by atoms with Gasteiger partial charge in [0.1, 0.15) is 0 Å². The molecule has 4 heteroatoms. The van der Waals surface area contributed by atoms with E-state index in [4.69, 9.17) is 0 Å². The molecule has 98 valence electrons. The normalized spacial score (nSPS) is 30.1. The van der Waals surface area contributed by atoms with E-state index in [0.29, 0.717) is 25.8 Å². The van der Waals surface area contributed by atoms with Crippen molar-refractivity contribution in [3.05, 3.63) is 12.7 Å². The quantitative estimate of drug-likeness (QED) is 0.730. The molecule has 1 fully saturated rings. The first-order valence-corrected chi connectivity index (χ1v) is 6.02. The number of carboxylic acid groups (broad SMARTS) is 1. The predicted octanol–water partition coefficient (Wildman–Crippen LogP) is 2.48. The van der Waals surface area contributed by atoms with E-state index in [0.717, 1.165) is 0 Å². The van der Waals surface area contributed by atoms with Gasteiger partial charge in [-0.3, -0.25) is 0 Å². The lowest BCUT2D eigenvalue weighted by Gasteiger charge is -2.47. The van der Waals surface area contributed by atoms with E-state index >= 15 is 0 Å². The van der Waals surface area contributed by atoms with Gasteiger partial charge in [-0.15, -0.1) is 6.58 Å². The summed E-state index contributed by atoms with van der Waals surface area (Å²) in [5.41, 5.74) is -0.973. The monoisotopic (exact) mass is 241 g/mol. The van der Waals surface area contributed by atoms with Crippen LogP contribution in [0.1, 0.15) is 40.0 Å². The molecule has 1 aliphatic heterocycles. The van der Waals surface area contributed by atoms with Gasteiger partial charge in [0.25, 0.3) is 0 Å². The van der Waals surface area contributed by atoms with Crippen molar-refractivity contribution in [3.63, 3.8) is 0 Å².